The van der Waals surface area contributed by atoms with Crippen LogP contribution in [0, 0.1) is 0 Å². The van der Waals surface area contributed by atoms with Gasteiger partial charge in [0.05, 0.1) is 23.0 Å². The first-order valence-electron chi connectivity index (χ1n) is 10.1. The predicted octanol–water partition coefficient (Wildman–Crippen LogP) is 2.93. The molecule has 0 saturated carbocycles. The molecule has 0 bridgehead atoms. The lowest BCUT2D eigenvalue weighted by Gasteiger charge is -2.34. The summed E-state index contributed by atoms with van der Waals surface area (Å²) < 4.78 is 32.1. The smallest absolute Gasteiger partial charge is 0.319 e. The van der Waals surface area contributed by atoms with E-state index in [9.17, 15) is 13.2 Å². The van der Waals surface area contributed by atoms with Crippen molar-refractivity contribution in [3.63, 3.8) is 0 Å². The number of nitrogens with one attached hydrogen (secondary N) is 2. The number of rotatable bonds is 8. The van der Waals surface area contributed by atoms with Crippen molar-refractivity contribution in [3.05, 3.63) is 54.2 Å². The number of benzene rings is 1. The Hall–Kier alpha value is -2.14. The third-order valence-electron chi connectivity index (χ3n) is 4.63. The highest BCUT2D eigenvalue weighted by molar-refractivity contribution is 7.98. The van der Waals surface area contributed by atoms with E-state index in [0.29, 0.717) is 18.8 Å². The summed E-state index contributed by atoms with van der Waals surface area (Å²) in [5.74, 6) is 0.573. The van der Waals surface area contributed by atoms with E-state index in [1.807, 2.05) is 50.2 Å². The highest BCUT2D eigenvalue weighted by Gasteiger charge is 2.30. The lowest BCUT2D eigenvalue weighted by molar-refractivity contribution is -0.0440. The zero-order chi connectivity index (χ0) is 22.3. The van der Waals surface area contributed by atoms with Crippen LogP contribution in [0.2, 0.25) is 0 Å². The van der Waals surface area contributed by atoms with Crippen molar-refractivity contribution in [2.24, 2.45) is 0 Å². The van der Waals surface area contributed by atoms with Gasteiger partial charge in [-0.2, -0.15) is 4.31 Å². The molecule has 1 saturated heterocycles. The molecular weight excluding hydrogens is 436 g/mol. The standard InChI is InChI=1S/C21H28N4O4S2/c1-16-13-25(14-17(2)29-16)31(27,28)11-10-23-21(26)24-19-7-5-6-18(12-19)15-30-20-8-3-4-9-22-20/h3-9,12,16-17H,10-11,13-15H2,1-2H3,(H2,23,24,26). The van der Waals surface area contributed by atoms with Crippen molar-refractivity contribution in [3.8, 4) is 0 Å². The molecular formula is C21H28N4O4S2. The molecule has 31 heavy (non-hydrogen) atoms. The van der Waals surface area contributed by atoms with Gasteiger partial charge in [-0.3, -0.25) is 0 Å². The SMILES string of the molecule is CC1CN(S(=O)(=O)CCNC(=O)Nc2cccc(CSc3ccccn3)c2)CC(C)O1. The first-order chi connectivity index (χ1) is 14.8. The number of thioether (sulfide) groups is 1. The number of morpholine rings is 1. The van der Waals surface area contributed by atoms with Crippen LogP contribution in [0.4, 0.5) is 10.5 Å². The van der Waals surface area contributed by atoms with Crippen molar-refractivity contribution in [1.29, 1.82) is 0 Å². The minimum atomic E-state index is -3.46. The summed E-state index contributed by atoms with van der Waals surface area (Å²) >= 11 is 1.61. The molecule has 0 radical (unpaired) electrons. The van der Waals surface area contributed by atoms with Crippen LogP contribution in [0.5, 0.6) is 0 Å². The number of hydrogen-bond acceptors (Lipinski definition) is 6. The highest BCUT2D eigenvalue weighted by atomic mass is 32.2. The topological polar surface area (TPSA) is 101 Å². The fraction of sp³-hybridized carbons (Fsp3) is 0.429. The van der Waals surface area contributed by atoms with Gasteiger partial charge < -0.3 is 15.4 Å². The van der Waals surface area contributed by atoms with Crippen molar-refractivity contribution in [2.45, 2.75) is 36.8 Å². The molecule has 2 atom stereocenters. The molecule has 0 aliphatic carbocycles. The van der Waals surface area contributed by atoms with Gasteiger partial charge in [0.2, 0.25) is 10.0 Å². The number of nitrogens with zero attached hydrogens (tertiary/aromatic N) is 2. The Morgan fingerprint density at radius 2 is 1.97 bits per heavy atom. The molecule has 1 aliphatic rings. The van der Waals surface area contributed by atoms with E-state index in [1.54, 1.807) is 24.0 Å². The second-order valence-corrected chi connectivity index (χ2v) is 10.5. The summed E-state index contributed by atoms with van der Waals surface area (Å²) in [7, 11) is -3.46. The molecule has 2 unspecified atom stereocenters. The first kappa shape index (κ1) is 23.5. The van der Waals surface area contributed by atoms with Crippen LogP contribution in [0.15, 0.2) is 53.7 Å². The number of anilines is 1. The monoisotopic (exact) mass is 464 g/mol. The average molecular weight is 465 g/mol. The number of pyridine rings is 1. The van der Waals surface area contributed by atoms with Crippen LogP contribution < -0.4 is 10.6 Å². The van der Waals surface area contributed by atoms with Gasteiger partial charge >= 0.3 is 6.03 Å². The van der Waals surface area contributed by atoms with E-state index in [4.69, 9.17) is 4.74 Å². The second-order valence-electron chi connectivity index (χ2n) is 7.43. The Kier molecular flexibility index (Phi) is 8.30. The molecule has 2 heterocycles. The Bertz CT molecular complexity index is 962. The van der Waals surface area contributed by atoms with E-state index in [-0.39, 0.29) is 24.5 Å². The zero-order valence-electron chi connectivity index (χ0n) is 17.7. The number of amides is 2. The maximum Gasteiger partial charge on any atom is 0.319 e. The molecule has 1 aromatic carbocycles. The summed E-state index contributed by atoms with van der Waals surface area (Å²) in [6, 6.07) is 12.9. The highest BCUT2D eigenvalue weighted by Crippen LogP contribution is 2.22. The number of sulfonamides is 1. The second kappa shape index (κ2) is 10.9. The fourth-order valence-electron chi connectivity index (χ4n) is 3.28. The van der Waals surface area contributed by atoms with E-state index in [2.05, 4.69) is 15.6 Å². The summed E-state index contributed by atoms with van der Waals surface area (Å²) in [5, 5.41) is 6.31. The van der Waals surface area contributed by atoms with E-state index in [1.165, 1.54) is 4.31 Å². The van der Waals surface area contributed by atoms with Crippen LogP contribution in [0.25, 0.3) is 0 Å². The fourth-order valence-corrected chi connectivity index (χ4v) is 5.58. The maximum atomic E-state index is 12.5. The lowest BCUT2D eigenvalue weighted by atomic mass is 10.2. The lowest BCUT2D eigenvalue weighted by Crippen LogP contribution is -2.49. The van der Waals surface area contributed by atoms with Gasteiger partial charge in [0, 0.05) is 37.3 Å². The number of urea groups is 1. The summed E-state index contributed by atoms with van der Waals surface area (Å²) in [4.78, 5) is 16.5. The van der Waals surface area contributed by atoms with Gasteiger partial charge in [-0.15, -0.1) is 11.8 Å². The van der Waals surface area contributed by atoms with Crippen LogP contribution in [0.1, 0.15) is 19.4 Å². The first-order valence-corrected chi connectivity index (χ1v) is 12.7. The van der Waals surface area contributed by atoms with Gasteiger partial charge in [-0.05, 0) is 43.7 Å². The molecule has 2 N–H and O–H groups in total. The molecule has 2 aromatic rings. The molecule has 1 aliphatic heterocycles. The minimum Gasteiger partial charge on any atom is -0.373 e. The van der Waals surface area contributed by atoms with E-state index < -0.39 is 16.1 Å². The Morgan fingerprint density at radius 1 is 1.19 bits per heavy atom. The molecule has 2 amide bonds. The van der Waals surface area contributed by atoms with Crippen LogP contribution in [0.3, 0.4) is 0 Å². The number of carbonyl (C=O) groups is 1. The van der Waals surface area contributed by atoms with Gasteiger partial charge in [-0.1, -0.05) is 18.2 Å². The van der Waals surface area contributed by atoms with Gasteiger partial charge in [0.1, 0.15) is 0 Å². The third-order valence-corrected chi connectivity index (χ3v) is 7.45. The third kappa shape index (κ3) is 7.49. The summed E-state index contributed by atoms with van der Waals surface area (Å²) in [6.45, 7) is 4.41. The van der Waals surface area contributed by atoms with Gasteiger partial charge in [-0.25, -0.2) is 18.2 Å². The van der Waals surface area contributed by atoms with Crippen molar-refractivity contribution in [1.82, 2.24) is 14.6 Å². The average Bonchev–Trinajstić information content (AvgIpc) is 2.72. The van der Waals surface area contributed by atoms with Crippen molar-refractivity contribution in [2.75, 3.05) is 30.7 Å². The predicted molar refractivity (Wildman–Crippen MR) is 123 cm³/mol. The minimum absolute atomic E-state index is 0.0313. The molecule has 8 nitrogen and oxygen atoms in total. The van der Waals surface area contributed by atoms with E-state index >= 15 is 0 Å². The Labute approximate surface area is 187 Å². The molecule has 0 spiro atoms. The van der Waals surface area contributed by atoms with Gasteiger partial charge in [0.15, 0.2) is 0 Å². The molecule has 3 rings (SSSR count). The van der Waals surface area contributed by atoms with Gasteiger partial charge in [0.25, 0.3) is 0 Å². The van der Waals surface area contributed by atoms with E-state index in [0.717, 1.165) is 16.3 Å². The number of ether oxygens (including phenoxy) is 1. The molecule has 1 aromatic heterocycles. The van der Waals surface area contributed by atoms with Crippen LogP contribution >= 0.6 is 11.8 Å². The summed E-state index contributed by atoms with van der Waals surface area (Å²) in [5.41, 5.74) is 1.70. The Balaban J connectivity index is 1.45. The number of hydrogen-bond donors (Lipinski definition) is 2. The summed E-state index contributed by atoms with van der Waals surface area (Å²) in [6.07, 6.45) is 1.47. The van der Waals surface area contributed by atoms with Crippen LogP contribution in [-0.4, -0.2) is 61.3 Å². The maximum absolute atomic E-state index is 12.5. The number of carbonyl (C=O) groups excluding carboxylic acids is 1. The number of aromatic nitrogens is 1. The quantitative estimate of drug-likeness (QED) is 0.583. The van der Waals surface area contributed by atoms with Crippen molar-refractivity contribution >= 4 is 33.5 Å². The Morgan fingerprint density at radius 3 is 2.68 bits per heavy atom. The zero-order valence-corrected chi connectivity index (χ0v) is 19.3. The molecule has 1 fully saturated rings. The van der Waals surface area contributed by atoms with Crippen LogP contribution in [-0.2, 0) is 20.5 Å². The molecule has 168 valence electrons. The molecule has 10 heteroatoms. The largest absolute Gasteiger partial charge is 0.373 e. The van der Waals surface area contributed by atoms with Crippen molar-refractivity contribution < 1.29 is 17.9 Å². The normalized spacial score (nSPS) is 19.7.